The van der Waals surface area contributed by atoms with Crippen LogP contribution in [0.25, 0.3) is 0 Å². The third-order valence-electron chi connectivity index (χ3n) is 4.99. The minimum atomic E-state index is -3.74. The van der Waals surface area contributed by atoms with E-state index in [1.54, 1.807) is 13.8 Å². The third-order valence-corrected chi connectivity index (χ3v) is 6.51. The van der Waals surface area contributed by atoms with E-state index in [9.17, 15) is 22.4 Å². The Balaban J connectivity index is 1.82. The van der Waals surface area contributed by atoms with E-state index in [1.165, 1.54) is 43.5 Å². The van der Waals surface area contributed by atoms with Crippen LogP contribution in [0.3, 0.4) is 0 Å². The maximum absolute atomic E-state index is 13.9. The van der Waals surface area contributed by atoms with Gasteiger partial charge in [-0.25, -0.2) is 17.5 Å². The molecule has 2 aromatic rings. The highest BCUT2D eigenvalue weighted by atomic mass is 32.2. The van der Waals surface area contributed by atoms with Gasteiger partial charge in [0, 0.05) is 6.04 Å². The summed E-state index contributed by atoms with van der Waals surface area (Å²) in [6, 6.07) is 8.53. The highest BCUT2D eigenvalue weighted by Gasteiger charge is 2.30. The van der Waals surface area contributed by atoms with Crippen molar-refractivity contribution in [2.45, 2.75) is 43.7 Å². The van der Waals surface area contributed by atoms with E-state index in [-0.39, 0.29) is 33.9 Å². The Morgan fingerprint density at radius 3 is 2.41 bits per heavy atom. The van der Waals surface area contributed by atoms with Gasteiger partial charge in [0.2, 0.25) is 15.9 Å². The fraction of sp³-hybridized carbons (Fsp3) is 0.364. The van der Waals surface area contributed by atoms with Crippen LogP contribution in [0.15, 0.2) is 47.4 Å². The van der Waals surface area contributed by atoms with E-state index >= 15 is 0 Å². The first-order chi connectivity index (χ1) is 15.1. The Morgan fingerprint density at radius 1 is 1.12 bits per heavy atom. The fourth-order valence-electron chi connectivity index (χ4n) is 3.05. The van der Waals surface area contributed by atoms with Gasteiger partial charge in [-0.1, -0.05) is 26.0 Å². The molecule has 1 unspecified atom stereocenters. The summed E-state index contributed by atoms with van der Waals surface area (Å²) >= 11 is 0. The normalized spacial score (nSPS) is 14.7. The second-order valence-electron chi connectivity index (χ2n) is 7.92. The second-order valence-corrected chi connectivity index (χ2v) is 9.64. The Hall–Kier alpha value is -2.98. The molecule has 0 radical (unpaired) electrons. The largest absolute Gasteiger partial charge is 0.495 e. The van der Waals surface area contributed by atoms with Crippen LogP contribution in [-0.2, 0) is 14.8 Å². The van der Waals surface area contributed by atoms with Crippen LogP contribution in [-0.4, -0.2) is 39.4 Å². The van der Waals surface area contributed by atoms with E-state index in [2.05, 4.69) is 15.4 Å². The summed E-state index contributed by atoms with van der Waals surface area (Å²) in [7, 11) is -2.35. The van der Waals surface area contributed by atoms with Crippen LogP contribution in [0.5, 0.6) is 5.75 Å². The van der Waals surface area contributed by atoms with Crippen LogP contribution in [0.4, 0.5) is 10.1 Å². The van der Waals surface area contributed by atoms with Crippen molar-refractivity contribution >= 4 is 27.5 Å². The number of carbonyl (C=O) groups excluding carboxylic acids is 2. The second kappa shape index (κ2) is 9.66. The van der Waals surface area contributed by atoms with Crippen molar-refractivity contribution in [1.29, 1.82) is 0 Å². The van der Waals surface area contributed by atoms with Crippen molar-refractivity contribution in [2.75, 3.05) is 12.4 Å². The first-order valence-electron chi connectivity index (χ1n) is 10.2. The van der Waals surface area contributed by atoms with Gasteiger partial charge >= 0.3 is 0 Å². The maximum Gasteiger partial charge on any atom is 0.254 e. The highest BCUT2D eigenvalue weighted by Crippen LogP contribution is 2.29. The molecule has 1 aliphatic carbocycles. The fourth-order valence-corrected chi connectivity index (χ4v) is 4.38. The molecule has 0 spiro atoms. The van der Waals surface area contributed by atoms with E-state index in [0.29, 0.717) is 0 Å². The summed E-state index contributed by atoms with van der Waals surface area (Å²) in [5.41, 5.74) is -0.0373. The Bertz CT molecular complexity index is 1120. The number of hydrogen-bond acceptors (Lipinski definition) is 5. The molecule has 10 heteroatoms. The van der Waals surface area contributed by atoms with Gasteiger partial charge in [0.05, 0.1) is 23.3 Å². The van der Waals surface area contributed by atoms with Crippen molar-refractivity contribution in [2.24, 2.45) is 5.92 Å². The number of halogens is 1. The molecule has 2 aromatic carbocycles. The van der Waals surface area contributed by atoms with E-state index in [4.69, 9.17) is 4.74 Å². The van der Waals surface area contributed by atoms with Crippen molar-refractivity contribution in [3.8, 4) is 5.75 Å². The van der Waals surface area contributed by atoms with E-state index in [1.807, 2.05) is 0 Å². The monoisotopic (exact) mass is 463 g/mol. The van der Waals surface area contributed by atoms with Crippen molar-refractivity contribution in [3.63, 3.8) is 0 Å². The molecule has 172 valence electrons. The number of carbonyl (C=O) groups is 2. The van der Waals surface area contributed by atoms with Crippen LogP contribution in [0.2, 0.25) is 0 Å². The first kappa shape index (κ1) is 23.7. The highest BCUT2D eigenvalue weighted by molar-refractivity contribution is 7.89. The summed E-state index contributed by atoms with van der Waals surface area (Å²) in [5.74, 6) is -2.09. The van der Waals surface area contributed by atoms with Crippen LogP contribution in [0, 0.1) is 11.7 Å². The van der Waals surface area contributed by atoms with E-state index in [0.717, 1.165) is 18.9 Å². The molecule has 3 rings (SSSR count). The summed E-state index contributed by atoms with van der Waals surface area (Å²) in [6.45, 7) is 3.45. The van der Waals surface area contributed by atoms with Gasteiger partial charge in [-0.15, -0.1) is 0 Å². The van der Waals surface area contributed by atoms with Crippen molar-refractivity contribution in [3.05, 3.63) is 53.8 Å². The summed E-state index contributed by atoms with van der Waals surface area (Å²) in [6.07, 6.45) is 1.58. The number of ether oxygens (including phenoxy) is 1. The van der Waals surface area contributed by atoms with Gasteiger partial charge in [-0.05, 0) is 49.1 Å². The predicted octanol–water partition coefficient (Wildman–Crippen LogP) is 2.67. The summed E-state index contributed by atoms with van der Waals surface area (Å²) < 4.78 is 46.9. The molecule has 0 aromatic heterocycles. The molecule has 3 N–H and O–H groups in total. The summed E-state index contributed by atoms with van der Waals surface area (Å²) in [4.78, 5) is 25.5. The topological polar surface area (TPSA) is 114 Å². The average Bonchev–Trinajstić information content (AvgIpc) is 3.55. The lowest BCUT2D eigenvalue weighted by molar-refractivity contribution is -0.118. The van der Waals surface area contributed by atoms with Crippen molar-refractivity contribution in [1.82, 2.24) is 10.0 Å². The number of benzene rings is 2. The molecule has 0 bridgehead atoms. The molecule has 1 atom stereocenters. The zero-order chi connectivity index (χ0) is 23.5. The summed E-state index contributed by atoms with van der Waals surface area (Å²) in [5, 5.41) is 5.18. The molecular weight excluding hydrogens is 437 g/mol. The molecule has 1 saturated carbocycles. The minimum Gasteiger partial charge on any atom is -0.495 e. The van der Waals surface area contributed by atoms with Gasteiger partial charge in [-0.3, -0.25) is 9.59 Å². The lowest BCUT2D eigenvalue weighted by atomic mass is 10.0. The third kappa shape index (κ3) is 5.63. The number of sulfonamides is 1. The molecule has 2 amide bonds. The zero-order valence-corrected chi connectivity index (χ0v) is 18.8. The minimum absolute atomic E-state index is 0.0167. The van der Waals surface area contributed by atoms with Gasteiger partial charge in [0.15, 0.2) is 0 Å². The molecule has 0 aliphatic heterocycles. The molecule has 8 nitrogen and oxygen atoms in total. The van der Waals surface area contributed by atoms with Gasteiger partial charge in [-0.2, -0.15) is 0 Å². The number of methoxy groups -OCH3 is 1. The zero-order valence-electron chi connectivity index (χ0n) is 18.0. The Kier molecular flexibility index (Phi) is 7.15. The van der Waals surface area contributed by atoms with Crippen LogP contribution >= 0.6 is 0 Å². The Labute approximate surface area is 186 Å². The lowest BCUT2D eigenvalue weighted by Crippen LogP contribution is -2.47. The quantitative estimate of drug-likeness (QED) is 0.529. The molecule has 0 saturated heterocycles. The Morgan fingerprint density at radius 2 is 1.81 bits per heavy atom. The SMILES string of the molecule is COc1ccc(S(=O)(=O)NC2CC2)cc1NC(=O)C(NC(=O)c1ccccc1F)C(C)C. The number of anilines is 1. The lowest BCUT2D eigenvalue weighted by Gasteiger charge is -2.22. The smallest absolute Gasteiger partial charge is 0.254 e. The number of rotatable bonds is 9. The van der Waals surface area contributed by atoms with E-state index < -0.39 is 33.7 Å². The van der Waals surface area contributed by atoms with Gasteiger partial charge in [0.1, 0.15) is 17.6 Å². The number of nitrogens with one attached hydrogen (secondary N) is 3. The molecule has 1 fully saturated rings. The molecule has 32 heavy (non-hydrogen) atoms. The molecule has 0 heterocycles. The predicted molar refractivity (Wildman–Crippen MR) is 117 cm³/mol. The maximum atomic E-state index is 13.9. The van der Waals surface area contributed by atoms with Crippen molar-refractivity contribution < 1.29 is 27.1 Å². The standard InChI is InChI=1S/C22H26FN3O5S/c1-13(2)20(25-21(27)16-6-4-5-7-17(16)23)22(28)24-18-12-15(10-11-19(18)31-3)32(29,30)26-14-8-9-14/h4-7,10-14,20,26H,8-9H2,1-3H3,(H,24,28)(H,25,27). The number of amides is 2. The molecular formula is C22H26FN3O5S. The van der Waals surface area contributed by atoms with Gasteiger partial charge in [0.25, 0.3) is 5.91 Å². The first-order valence-corrected chi connectivity index (χ1v) is 11.7. The van der Waals surface area contributed by atoms with Crippen LogP contribution < -0.4 is 20.1 Å². The molecule has 1 aliphatic rings. The number of hydrogen-bond donors (Lipinski definition) is 3. The van der Waals surface area contributed by atoms with Gasteiger partial charge < -0.3 is 15.4 Å². The average molecular weight is 464 g/mol. The van der Waals surface area contributed by atoms with Crippen LogP contribution in [0.1, 0.15) is 37.0 Å².